The number of aryl methyl sites for hydroxylation is 2. The molecular weight excluding hydrogens is 517 g/mol. The molecule has 1 saturated carbocycles. The van der Waals surface area contributed by atoms with Gasteiger partial charge in [-0.2, -0.15) is 13.2 Å². The van der Waals surface area contributed by atoms with E-state index in [1.54, 1.807) is 0 Å². The summed E-state index contributed by atoms with van der Waals surface area (Å²) in [5.74, 6) is -1.68. The molecule has 3 heterocycles. The van der Waals surface area contributed by atoms with Gasteiger partial charge in [-0.25, -0.2) is 9.78 Å². The van der Waals surface area contributed by atoms with Crippen LogP contribution in [0.5, 0.6) is 0 Å². The monoisotopic (exact) mass is 554 g/mol. The number of pyridine rings is 1. The van der Waals surface area contributed by atoms with Gasteiger partial charge < -0.3 is 25.4 Å². The SMILES string of the molecule is CC(=O)N1CCC(C(=O)NC(CCO[C@H]2C[C@@H](CCc3ccc4c(n3)NCCC4)C2)C(=O)O)(C(F)(F)F)CC1. The minimum Gasteiger partial charge on any atom is -0.480 e. The van der Waals surface area contributed by atoms with E-state index >= 15 is 0 Å². The van der Waals surface area contributed by atoms with Gasteiger partial charge in [0.05, 0.1) is 6.10 Å². The van der Waals surface area contributed by atoms with Crippen LogP contribution in [-0.2, 0) is 32.0 Å². The molecule has 9 nitrogen and oxygen atoms in total. The first-order chi connectivity index (χ1) is 18.5. The van der Waals surface area contributed by atoms with Crippen molar-refractivity contribution in [3.63, 3.8) is 0 Å². The normalized spacial score (nSPS) is 23.1. The van der Waals surface area contributed by atoms with E-state index in [2.05, 4.69) is 22.8 Å². The zero-order chi connectivity index (χ0) is 28.2. The molecule has 1 aliphatic carbocycles. The largest absolute Gasteiger partial charge is 0.480 e. The molecule has 3 N–H and O–H groups in total. The number of ether oxygens (including phenoxy) is 1. The predicted octanol–water partition coefficient (Wildman–Crippen LogP) is 3.32. The highest BCUT2D eigenvalue weighted by molar-refractivity contribution is 5.88. The van der Waals surface area contributed by atoms with Crippen molar-refractivity contribution in [3.8, 4) is 0 Å². The molecule has 2 fully saturated rings. The van der Waals surface area contributed by atoms with Crippen LogP contribution in [0, 0.1) is 11.3 Å². The molecule has 0 radical (unpaired) electrons. The smallest absolute Gasteiger partial charge is 0.403 e. The van der Waals surface area contributed by atoms with Crippen molar-refractivity contribution in [3.05, 3.63) is 23.4 Å². The van der Waals surface area contributed by atoms with Crippen LogP contribution in [0.1, 0.15) is 63.1 Å². The molecule has 39 heavy (non-hydrogen) atoms. The van der Waals surface area contributed by atoms with Crippen LogP contribution in [0.15, 0.2) is 12.1 Å². The number of hydrogen-bond acceptors (Lipinski definition) is 6. The molecule has 12 heteroatoms. The van der Waals surface area contributed by atoms with Gasteiger partial charge in [0.2, 0.25) is 11.8 Å². The summed E-state index contributed by atoms with van der Waals surface area (Å²) in [5.41, 5.74) is -0.418. The maximum absolute atomic E-state index is 14.0. The van der Waals surface area contributed by atoms with Gasteiger partial charge in [0.15, 0.2) is 0 Å². The van der Waals surface area contributed by atoms with Crippen LogP contribution in [0.3, 0.4) is 0 Å². The number of aromatic nitrogens is 1. The fourth-order valence-electron chi connectivity index (χ4n) is 5.66. The second kappa shape index (κ2) is 12.1. The van der Waals surface area contributed by atoms with Gasteiger partial charge in [-0.05, 0) is 68.9 Å². The minimum atomic E-state index is -4.87. The van der Waals surface area contributed by atoms with Gasteiger partial charge in [0.1, 0.15) is 17.3 Å². The summed E-state index contributed by atoms with van der Waals surface area (Å²) in [7, 11) is 0. The third kappa shape index (κ3) is 6.82. The summed E-state index contributed by atoms with van der Waals surface area (Å²) in [6, 6.07) is 2.72. The molecule has 0 aromatic carbocycles. The molecule has 3 aliphatic rings. The van der Waals surface area contributed by atoms with Crippen LogP contribution in [0.25, 0.3) is 0 Å². The summed E-state index contributed by atoms with van der Waals surface area (Å²) in [6.07, 6.45) is -0.584. The number of nitrogens with zero attached hydrogens (tertiary/aromatic N) is 2. The summed E-state index contributed by atoms with van der Waals surface area (Å²) in [4.78, 5) is 42.0. The van der Waals surface area contributed by atoms with Crippen LogP contribution < -0.4 is 10.6 Å². The Morgan fingerprint density at radius 1 is 1.26 bits per heavy atom. The number of aliphatic carboxylic acids is 1. The fourth-order valence-corrected chi connectivity index (χ4v) is 5.66. The van der Waals surface area contributed by atoms with E-state index in [1.165, 1.54) is 17.4 Å². The van der Waals surface area contributed by atoms with Gasteiger partial charge in [0.25, 0.3) is 0 Å². The molecule has 0 bridgehead atoms. The Morgan fingerprint density at radius 2 is 1.97 bits per heavy atom. The molecule has 1 aromatic rings. The number of nitrogens with one attached hydrogen (secondary N) is 2. The van der Waals surface area contributed by atoms with Crippen LogP contribution in [-0.4, -0.2) is 77.3 Å². The summed E-state index contributed by atoms with van der Waals surface area (Å²) >= 11 is 0. The van der Waals surface area contributed by atoms with E-state index in [9.17, 15) is 32.7 Å². The Hall–Kier alpha value is -2.89. The third-order valence-electron chi connectivity index (χ3n) is 8.36. The quantitative estimate of drug-likeness (QED) is 0.406. The van der Waals surface area contributed by atoms with Crippen molar-refractivity contribution in [2.75, 3.05) is 31.6 Å². The topological polar surface area (TPSA) is 121 Å². The number of piperidine rings is 1. The second-order valence-electron chi connectivity index (χ2n) is 10.9. The van der Waals surface area contributed by atoms with Gasteiger partial charge in [0, 0.05) is 45.3 Å². The number of halogens is 3. The lowest BCUT2D eigenvalue weighted by molar-refractivity contribution is -0.233. The number of amides is 2. The predicted molar refractivity (Wildman–Crippen MR) is 136 cm³/mol. The van der Waals surface area contributed by atoms with Crippen LogP contribution in [0.2, 0.25) is 0 Å². The first-order valence-corrected chi connectivity index (χ1v) is 13.7. The zero-order valence-electron chi connectivity index (χ0n) is 22.2. The molecule has 1 aromatic heterocycles. The molecule has 2 aliphatic heterocycles. The van der Waals surface area contributed by atoms with Gasteiger partial charge >= 0.3 is 12.1 Å². The number of carbonyl (C=O) groups is 3. The first kappa shape index (κ1) is 29.1. The number of rotatable bonds is 10. The fraction of sp³-hybridized carbons (Fsp3) is 0.704. The lowest BCUT2D eigenvalue weighted by Gasteiger charge is -2.41. The highest BCUT2D eigenvalue weighted by atomic mass is 19.4. The zero-order valence-corrected chi connectivity index (χ0v) is 22.2. The van der Waals surface area contributed by atoms with Gasteiger partial charge in [-0.1, -0.05) is 6.07 Å². The van der Waals surface area contributed by atoms with Crippen molar-refractivity contribution in [1.29, 1.82) is 0 Å². The maximum atomic E-state index is 14.0. The number of alkyl halides is 3. The van der Waals surface area contributed by atoms with E-state index < -0.39 is 42.4 Å². The lowest BCUT2D eigenvalue weighted by Crippen LogP contribution is -2.59. The number of carbonyl (C=O) groups excluding carboxylic acids is 2. The molecule has 2 amide bonds. The lowest BCUT2D eigenvalue weighted by atomic mass is 9.76. The number of anilines is 1. The third-order valence-corrected chi connectivity index (χ3v) is 8.36. The Morgan fingerprint density at radius 3 is 2.62 bits per heavy atom. The molecule has 1 unspecified atom stereocenters. The minimum absolute atomic E-state index is 0.0177. The van der Waals surface area contributed by atoms with E-state index in [1.807, 2.05) is 0 Å². The number of hydrogen-bond donors (Lipinski definition) is 3. The average molecular weight is 555 g/mol. The number of carboxylic acids is 1. The van der Waals surface area contributed by atoms with Crippen molar-refractivity contribution in [2.24, 2.45) is 11.3 Å². The first-order valence-electron chi connectivity index (χ1n) is 13.7. The number of likely N-dealkylation sites (tertiary alicyclic amines) is 1. The van der Waals surface area contributed by atoms with E-state index in [0.717, 1.165) is 56.6 Å². The Balaban J connectivity index is 1.20. The summed E-state index contributed by atoms with van der Waals surface area (Å²) in [5, 5.41) is 15.0. The van der Waals surface area contributed by atoms with Crippen molar-refractivity contribution < 1.29 is 37.4 Å². The van der Waals surface area contributed by atoms with Crippen molar-refractivity contribution >= 4 is 23.6 Å². The van der Waals surface area contributed by atoms with Crippen LogP contribution in [0.4, 0.5) is 19.0 Å². The van der Waals surface area contributed by atoms with E-state index in [0.29, 0.717) is 5.92 Å². The Kier molecular flexibility index (Phi) is 9.03. The van der Waals surface area contributed by atoms with Crippen LogP contribution >= 0.6 is 0 Å². The number of fused-ring (bicyclic) bond motifs is 1. The van der Waals surface area contributed by atoms with Crippen molar-refractivity contribution in [2.45, 2.75) is 83.0 Å². The Labute approximate surface area is 225 Å². The second-order valence-corrected chi connectivity index (χ2v) is 10.9. The average Bonchev–Trinajstić information content (AvgIpc) is 2.87. The highest BCUT2D eigenvalue weighted by Crippen LogP contribution is 2.46. The highest BCUT2D eigenvalue weighted by Gasteiger charge is 2.61. The van der Waals surface area contributed by atoms with Gasteiger partial charge in [-0.15, -0.1) is 0 Å². The van der Waals surface area contributed by atoms with E-state index in [4.69, 9.17) is 9.72 Å². The molecule has 216 valence electrons. The van der Waals surface area contributed by atoms with Gasteiger partial charge in [-0.3, -0.25) is 9.59 Å². The maximum Gasteiger partial charge on any atom is 0.403 e. The Bertz CT molecular complexity index is 1050. The molecule has 1 saturated heterocycles. The van der Waals surface area contributed by atoms with E-state index in [-0.39, 0.29) is 38.1 Å². The molecular formula is C27H37F3N4O5. The number of carboxylic acid groups (broad SMARTS) is 1. The summed E-state index contributed by atoms with van der Waals surface area (Å²) in [6.45, 7) is 1.79. The molecule has 4 rings (SSSR count). The standard InChI is InChI=1S/C27H37F3N4O5/c1-17(35)34-12-9-26(10-13-34,27(28,29)30)25(38)33-22(24(36)37)8-14-39-21-15-18(16-21)4-6-20-7-5-19-3-2-11-31-23(19)32-20/h5,7,18,21-22H,2-4,6,8-16H2,1H3,(H,31,32)(H,33,38)(H,36,37)/t18-,21+,22?. The molecule has 0 spiro atoms. The molecule has 1 atom stereocenters. The van der Waals surface area contributed by atoms with Crippen molar-refractivity contribution in [1.82, 2.24) is 15.2 Å². The summed E-state index contributed by atoms with van der Waals surface area (Å²) < 4.78 is 47.7.